The quantitative estimate of drug-likeness (QED) is 0.733. The molecule has 5 nitrogen and oxygen atoms in total. The van der Waals surface area contributed by atoms with Crippen LogP contribution in [-0.4, -0.2) is 30.8 Å². The summed E-state index contributed by atoms with van der Waals surface area (Å²) in [6.07, 6.45) is -0.587. The molecule has 5 heteroatoms. The van der Waals surface area contributed by atoms with E-state index in [0.717, 1.165) is 17.0 Å². The second kappa shape index (κ2) is 8.19. The third-order valence-electron chi connectivity index (χ3n) is 3.37. The molecule has 0 saturated heterocycles. The van der Waals surface area contributed by atoms with Crippen molar-refractivity contribution in [3.05, 3.63) is 60.2 Å². The molecule has 2 atom stereocenters. The van der Waals surface area contributed by atoms with Crippen molar-refractivity contribution < 1.29 is 14.6 Å². The number of carbonyl (C=O) groups excluding carboxylic acids is 1. The number of hydrogen-bond acceptors (Lipinski definition) is 4. The second-order valence-corrected chi connectivity index (χ2v) is 5.31. The fraction of sp³-hybridized carbons (Fsp3) is 0.278. The number of methoxy groups -OCH3 is 1. The Morgan fingerprint density at radius 3 is 2.35 bits per heavy atom. The normalized spacial score (nSPS) is 13.0. The maximum Gasteiger partial charge on any atom is 0.247 e. The standard InChI is InChI=1S/C18H22N2O3/c1-13(21)12-19-18(22)17(14-6-4-3-5-7-14)20-15-8-10-16(23-2)11-9-15/h3-11,13,17,20-21H,12H2,1-2H3,(H,19,22)/t13-,17?/m1/s1. The molecule has 0 heterocycles. The van der Waals surface area contributed by atoms with Gasteiger partial charge in [-0.3, -0.25) is 4.79 Å². The molecular weight excluding hydrogens is 292 g/mol. The average Bonchev–Trinajstić information content (AvgIpc) is 2.59. The van der Waals surface area contributed by atoms with Crippen molar-refractivity contribution in [2.24, 2.45) is 0 Å². The van der Waals surface area contributed by atoms with Gasteiger partial charge in [0.05, 0.1) is 13.2 Å². The highest BCUT2D eigenvalue weighted by atomic mass is 16.5. The predicted octanol–water partition coefficient (Wildman–Crippen LogP) is 2.35. The van der Waals surface area contributed by atoms with Crippen LogP contribution >= 0.6 is 0 Å². The van der Waals surface area contributed by atoms with E-state index in [9.17, 15) is 9.90 Å². The van der Waals surface area contributed by atoms with Crippen LogP contribution in [0.4, 0.5) is 5.69 Å². The van der Waals surface area contributed by atoms with Crippen LogP contribution in [0.1, 0.15) is 18.5 Å². The molecular formula is C18H22N2O3. The number of nitrogens with one attached hydrogen (secondary N) is 2. The molecule has 1 amide bonds. The van der Waals surface area contributed by atoms with E-state index in [2.05, 4.69) is 10.6 Å². The SMILES string of the molecule is COc1ccc(NC(C(=O)NC[C@@H](C)O)c2ccccc2)cc1. The Morgan fingerprint density at radius 1 is 1.13 bits per heavy atom. The van der Waals surface area contributed by atoms with E-state index in [1.807, 2.05) is 54.6 Å². The predicted molar refractivity (Wildman–Crippen MR) is 90.5 cm³/mol. The summed E-state index contributed by atoms with van der Waals surface area (Å²) in [5.74, 6) is 0.568. The lowest BCUT2D eigenvalue weighted by Crippen LogP contribution is -2.37. The van der Waals surface area contributed by atoms with Gasteiger partial charge in [0.15, 0.2) is 0 Å². The van der Waals surface area contributed by atoms with Crippen LogP contribution in [0.25, 0.3) is 0 Å². The maximum atomic E-state index is 12.5. The molecule has 0 aliphatic rings. The lowest BCUT2D eigenvalue weighted by molar-refractivity contribution is -0.122. The first-order valence-corrected chi connectivity index (χ1v) is 7.51. The molecule has 2 aromatic rings. The summed E-state index contributed by atoms with van der Waals surface area (Å²) >= 11 is 0. The number of amides is 1. The van der Waals surface area contributed by atoms with E-state index in [1.54, 1.807) is 14.0 Å². The number of carbonyl (C=O) groups is 1. The van der Waals surface area contributed by atoms with E-state index >= 15 is 0 Å². The van der Waals surface area contributed by atoms with Gasteiger partial charge in [-0.25, -0.2) is 0 Å². The first-order chi connectivity index (χ1) is 11.1. The van der Waals surface area contributed by atoms with E-state index in [1.165, 1.54) is 0 Å². The van der Waals surface area contributed by atoms with Crippen molar-refractivity contribution >= 4 is 11.6 Å². The van der Waals surface area contributed by atoms with Crippen LogP contribution in [0.2, 0.25) is 0 Å². The molecule has 0 fully saturated rings. The lowest BCUT2D eigenvalue weighted by atomic mass is 10.1. The minimum atomic E-state index is -0.587. The molecule has 0 saturated carbocycles. The molecule has 0 bridgehead atoms. The smallest absolute Gasteiger partial charge is 0.247 e. The molecule has 0 aliphatic heterocycles. The van der Waals surface area contributed by atoms with Crippen molar-refractivity contribution in [3.8, 4) is 5.75 Å². The summed E-state index contributed by atoms with van der Waals surface area (Å²) in [4.78, 5) is 12.5. The molecule has 1 unspecified atom stereocenters. The molecule has 0 radical (unpaired) electrons. The Kier molecular flexibility index (Phi) is 6.00. The number of aliphatic hydroxyl groups is 1. The summed E-state index contributed by atoms with van der Waals surface area (Å²) in [5, 5.41) is 15.3. The fourth-order valence-electron chi connectivity index (χ4n) is 2.15. The van der Waals surface area contributed by atoms with E-state index in [4.69, 9.17) is 4.74 Å². The van der Waals surface area contributed by atoms with Crippen molar-refractivity contribution in [1.29, 1.82) is 0 Å². The summed E-state index contributed by atoms with van der Waals surface area (Å²) in [6, 6.07) is 16.3. The molecule has 0 aliphatic carbocycles. The molecule has 23 heavy (non-hydrogen) atoms. The van der Waals surface area contributed by atoms with Crippen LogP contribution in [0.15, 0.2) is 54.6 Å². The lowest BCUT2D eigenvalue weighted by Gasteiger charge is -2.20. The van der Waals surface area contributed by atoms with Crippen molar-refractivity contribution in [1.82, 2.24) is 5.32 Å². The molecule has 0 aromatic heterocycles. The zero-order valence-corrected chi connectivity index (χ0v) is 13.3. The summed E-state index contributed by atoms with van der Waals surface area (Å²) in [5.41, 5.74) is 1.67. The monoisotopic (exact) mass is 314 g/mol. The molecule has 2 aromatic carbocycles. The highest BCUT2D eigenvalue weighted by Crippen LogP contribution is 2.22. The van der Waals surface area contributed by atoms with Gasteiger partial charge in [0.25, 0.3) is 0 Å². The number of hydrogen-bond donors (Lipinski definition) is 3. The summed E-state index contributed by atoms with van der Waals surface area (Å²) < 4.78 is 5.14. The third-order valence-corrected chi connectivity index (χ3v) is 3.37. The number of benzene rings is 2. The Labute approximate surface area is 136 Å². The summed E-state index contributed by atoms with van der Waals surface area (Å²) in [6.45, 7) is 1.85. The van der Waals surface area contributed by atoms with Gasteiger partial charge in [-0.05, 0) is 36.8 Å². The van der Waals surface area contributed by atoms with E-state index < -0.39 is 12.1 Å². The number of ether oxygens (including phenoxy) is 1. The van der Waals surface area contributed by atoms with Crippen LogP contribution in [0, 0.1) is 0 Å². The van der Waals surface area contributed by atoms with Gasteiger partial charge in [0.1, 0.15) is 11.8 Å². The molecule has 3 N–H and O–H groups in total. The van der Waals surface area contributed by atoms with Gasteiger partial charge in [-0.1, -0.05) is 30.3 Å². The minimum Gasteiger partial charge on any atom is -0.497 e. The van der Waals surface area contributed by atoms with Gasteiger partial charge in [-0.2, -0.15) is 0 Å². The van der Waals surface area contributed by atoms with Crippen molar-refractivity contribution in [2.75, 3.05) is 19.0 Å². The fourth-order valence-corrected chi connectivity index (χ4v) is 2.15. The van der Waals surface area contributed by atoms with Gasteiger partial charge in [0, 0.05) is 12.2 Å². The largest absolute Gasteiger partial charge is 0.497 e. The number of anilines is 1. The van der Waals surface area contributed by atoms with Gasteiger partial charge in [0.2, 0.25) is 5.91 Å². The van der Waals surface area contributed by atoms with Crippen molar-refractivity contribution in [3.63, 3.8) is 0 Å². The van der Waals surface area contributed by atoms with Crippen LogP contribution in [-0.2, 0) is 4.79 Å². The molecule has 122 valence electrons. The Hall–Kier alpha value is -2.53. The van der Waals surface area contributed by atoms with Crippen LogP contribution in [0.3, 0.4) is 0 Å². The molecule has 0 spiro atoms. The Morgan fingerprint density at radius 2 is 1.78 bits per heavy atom. The van der Waals surface area contributed by atoms with Gasteiger partial charge < -0.3 is 20.5 Å². The van der Waals surface area contributed by atoms with Gasteiger partial charge >= 0.3 is 0 Å². The first-order valence-electron chi connectivity index (χ1n) is 7.51. The maximum absolute atomic E-state index is 12.5. The third kappa shape index (κ3) is 5.00. The topological polar surface area (TPSA) is 70.6 Å². The van der Waals surface area contributed by atoms with Crippen LogP contribution < -0.4 is 15.4 Å². The Bertz CT molecular complexity index is 612. The molecule has 2 rings (SSSR count). The average molecular weight is 314 g/mol. The highest BCUT2D eigenvalue weighted by molar-refractivity contribution is 5.86. The van der Waals surface area contributed by atoms with E-state index in [0.29, 0.717) is 0 Å². The first kappa shape index (κ1) is 16.8. The zero-order valence-electron chi connectivity index (χ0n) is 13.3. The minimum absolute atomic E-state index is 0.187. The highest BCUT2D eigenvalue weighted by Gasteiger charge is 2.20. The number of aliphatic hydroxyl groups excluding tert-OH is 1. The zero-order chi connectivity index (χ0) is 16.7. The second-order valence-electron chi connectivity index (χ2n) is 5.31. The van der Waals surface area contributed by atoms with Crippen LogP contribution in [0.5, 0.6) is 5.75 Å². The van der Waals surface area contributed by atoms with Gasteiger partial charge in [-0.15, -0.1) is 0 Å². The van der Waals surface area contributed by atoms with Crippen molar-refractivity contribution in [2.45, 2.75) is 19.1 Å². The Balaban J connectivity index is 2.17. The number of rotatable bonds is 7. The van der Waals surface area contributed by atoms with E-state index in [-0.39, 0.29) is 12.5 Å². The summed E-state index contributed by atoms with van der Waals surface area (Å²) in [7, 11) is 1.61.